The number of rotatable bonds is 6. The Balaban J connectivity index is 1.62. The Morgan fingerprint density at radius 3 is 2.84 bits per heavy atom. The van der Waals surface area contributed by atoms with E-state index in [1.165, 1.54) is 18.5 Å². The van der Waals surface area contributed by atoms with Crippen LogP contribution in [0.15, 0.2) is 18.2 Å². The van der Waals surface area contributed by atoms with Crippen LogP contribution in [0, 0.1) is 6.92 Å². The first-order valence-electron chi connectivity index (χ1n) is 7.06. The van der Waals surface area contributed by atoms with Crippen molar-refractivity contribution in [1.29, 1.82) is 0 Å². The second-order valence-corrected chi connectivity index (χ2v) is 5.51. The summed E-state index contributed by atoms with van der Waals surface area (Å²) in [6, 6.07) is 5.89. The molecule has 0 amide bonds. The number of hydrogen-bond donors (Lipinski definition) is 1. The smallest absolute Gasteiger partial charge is 0.138 e. The monoisotopic (exact) mass is 284 g/mol. The first-order chi connectivity index (χ1) is 9.25. The van der Waals surface area contributed by atoms with Crippen LogP contribution in [0.5, 0.6) is 5.75 Å². The van der Waals surface area contributed by atoms with E-state index in [0.29, 0.717) is 5.02 Å². The Labute approximate surface area is 120 Å². The Kier molecular flexibility index (Phi) is 5.95. The zero-order valence-electron chi connectivity index (χ0n) is 11.6. The van der Waals surface area contributed by atoms with E-state index in [1.807, 2.05) is 25.1 Å². The SMILES string of the molecule is Cc1ccc(Cl)c(OCCCC[NH+]2CCOCC2)c1. The zero-order valence-corrected chi connectivity index (χ0v) is 12.3. The predicted molar refractivity (Wildman–Crippen MR) is 77.3 cm³/mol. The number of aryl methyl sites for hydroxylation is 1. The highest BCUT2D eigenvalue weighted by atomic mass is 35.5. The fraction of sp³-hybridized carbons (Fsp3) is 0.600. The van der Waals surface area contributed by atoms with E-state index in [0.717, 1.165) is 45.1 Å². The summed E-state index contributed by atoms with van der Waals surface area (Å²) in [6.45, 7) is 8.11. The average Bonchev–Trinajstić information content (AvgIpc) is 2.43. The van der Waals surface area contributed by atoms with Crippen molar-refractivity contribution in [2.75, 3.05) is 39.5 Å². The molecule has 19 heavy (non-hydrogen) atoms. The molecule has 1 fully saturated rings. The molecular formula is C15H23ClNO2+. The number of quaternary nitrogens is 1. The van der Waals surface area contributed by atoms with E-state index in [4.69, 9.17) is 21.1 Å². The average molecular weight is 285 g/mol. The minimum atomic E-state index is 0.699. The molecule has 0 aromatic heterocycles. The van der Waals surface area contributed by atoms with Crippen molar-refractivity contribution in [3.8, 4) is 5.75 Å². The molecule has 1 aliphatic heterocycles. The van der Waals surface area contributed by atoms with Crippen molar-refractivity contribution in [3.63, 3.8) is 0 Å². The van der Waals surface area contributed by atoms with Gasteiger partial charge >= 0.3 is 0 Å². The van der Waals surface area contributed by atoms with Crippen molar-refractivity contribution < 1.29 is 14.4 Å². The van der Waals surface area contributed by atoms with E-state index in [9.17, 15) is 0 Å². The van der Waals surface area contributed by atoms with Gasteiger partial charge in [-0.3, -0.25) is 0 Å². The first kappa shape index (κ1) is 14.6. The Bertz CT molecular complexity index is 392. The number of benzene rings is 1. The molecule has 1 aromatic rings. The van der Waals surface area contributed by atoms with Gasteiger partial charge < -0.3 is 14.4 Å². The minimum absolute atomic E-state index is 0.699. The molecule has 0 aliphatic carbocycles. The van der Waals surface area contributed by atoms with Crippen LogP contribution in [0.25, 0.3) is 0 Å². The fourth-order valence-electron chi connectivity index (χ4n) is 2.29. The van der Waals surface area contributed by atoms with Gasteiger partial charge in [-0.25, -0.2) is 0 Å². The lowest BCUT2D eigenvalue weighted by atomic mass is 10.2. The second kappa shape index (κ2) is 7.73. The number of nitrogens with one attached hydrogen (secondary N) is 1. The van der Waals surface area contributed by atoms with Gasteiger partial charge in [-0.05, 0) is 37.5 Å². The molecule has 1 aliphatic rings. The molecule has 0 bridgehead atoms. The highest BCUT2D eigenvalue weighted by molar-refractivity contribution is 6.32. The molecule has 2 rings (SSSR count). The molecule has 106 valence electrons. The number of hydrogen-bond acceptors (Lipinski definition) is 2. The number of morpholine rings is 1. The highest BCUT2D eigenvalue weighted by Crippen LogP contribution is 2.25. The normalized spacial score (nSPS) is 16.5. The van der Waals surface area contributed by atoms with Gasteiger partial charge in [-0.2, -0.15) is 0 Å². The molecule has 1 heterocycles. The van der Waals surface area contributed by atoms with E-state index < -0.39 is 0 Å². The summed E-state index contributed by atoms with van der Waals surface area (Å²) < 4.78 is 11.1. The van der Waals surface area contributed by atoms with Gasteiger partial charge in [0.05, 0.1) is 31.4 Å². The van der Waals surface area contributed by atoms with Crippen LogP contribution in [0.1, 0.15) is 18.4 Å². The maximum Gasteiger partial charge on any atom is 0.138 e. The molecule has 3 nitrogen and oxygen atoms in total. The van der Waals surface area contributed by atoms with E-state index >= 15 is 0 Å². The molecule has 0 atom stereocenters. The Morgan fingerprint density at radius 2 is 2.05 bits per heavy atom. The number of unbranched alkanes of at least 4 members (excludes halogenated alkanes) is 1. The molecule has 1 N–H and O–H groups in total. The van der Waals surface area contributed by atoms with Crippen molar-refractivity contribution in [2.24, 2.45) is 0 Å². The van der Waals surface area contributed by atoms with Crippen LogP contribution < -0.4 is 9.64 Å². The molecule has 0 unspecified atom stereocenters. The van der Waals surface area contributed by atoms with Crippen LogP contribution in [-0.2, 0) is 4.74 Å². The topological polar surface area (TPSA) is 22.9 Å². The lowest BCUT2D eigenvalue weighted by molar-refractivity contribution is -0.908. The summed E-state index contributed by atoms with van der Waals surface area (Å²) in [4.78, 5) is 1.65. The Hall–Kier alpha value is -0.770. The molecule has 1 aromatic carbocycles. The van der Waals surface area contributed by atoms with Gasteiger partial charge in [0.2, 0.25) is 0 Å². The van der Waals surface area contributed by atoms with Crippen molar-refractivity contribution in [3.05, 3.63) is 28.8 Å². The maximum atomic E-state index is 6.09. The van der Waals surface area contributed by atoms with E-state index in [-0.39, 0.29) is 0 Å². The van der Waals surface area contributed by atoms with Crippen LogP contribution >= 0.6 is 11.6 Å². The molecule has 1 saturated heterocycles. The highest BCUT2D eigenvalue weighted by Gasteiger charge is 2.12. The second-order valence-electron chi connectivity index (χ2n) is 5.10. The number of ether oxygens (including phenoxy) is 2. The van der Waals surface area contributed by atoms with Crippen molar-refractivity contribution in [1.82, 2.24) is 0 Å². The summed E-state index contributed by atoms with van der Waals surface area (Å²) >= 11 is 6.09. The third-order valence-electron chi connectivity index (χ3n) is 3.47. The summed E-state index contributed by atoms with van der Waals surface area (Å²) in [7, 11) is 0. The fourth-order valence-corrected chi connectivity index (χ4v) is 2.46. The predicted octanol–water partition coefficient (Wildman–Crippen LogP) is 1.72. The zero-order chi connectivity index (χ0) is 13.5. The van der Waals surface area contributed by atoms with E-state index in [1.54, 1.807) is 4.90 Å². The van der Waals surface area contributed by atoms with Gasteiger partial charge in [0.1, 0.15) is 18.8 Å². The molecular weight excluding hydrogens is 262 g/mol. The van der Waals surface area contributed by atoms with Crippen LogP contribution in [0.4, 0.5) is 0 Å². The largest absolute Gasteiger partial charge is 0.492 e. The molecule has 0 radical (unpaired) electrons. The molecule has 4 heteroatoms. The van der Waals surface area contributed by atoms with Crippen molar-refractivity contribution in [2.45, 2.75) is 19.8 Å². The van der Waals surface area contributed by atoms with Crippen molar-refractivity contribution >= 4 is 11.6 Å². The summed E-state index contributed by atoms with van der Waals surface area (Å²) in [6.07, 6.45) is 2.27. The molecule has 0 spiro atoms. The quantitative estimate of drug-likeness (QED) is 0.804. The van der Waals surface area contributed by atoms with Crippen LogP contribution in [0.3, 0.4) is 0 Å². The summed E-state index contributed by atoms with van der Waals surface area (Å²) in [5.74, 6) is 0.806. The summed E-state index contributed by atoms with van der Waals surface area (Å²) in [5, 5.41) is 0.699. The van der Waals surface area contributed by atoms with Gasteiger partial charge in [-0.15, -0.1) is 0 Å². The lowest BCUT2D eigenvalue weighted by Gasteiger charge is -2.23. The van der Waals surface area contributed by atoms with Crippen LogP contribution in [0.2, 0.25) is 5.02 Å². The molecule has 0 saturated carbocycles. The number of halogens is 1. The van der Waals surface area contributed by atoms with Gasteiger partial charge in [-0.1, -0.05) is 17.7 Å². The maximum absolute atomic E-state index is 6.09. The van der Waals surface area contributed by atoms with Gasteiger partial charge in [0, 0.05) is 0 Å². The lowest BCUT2D eigenvalue weighted by Crippen LogP contribution is -3.14. The van der Waals surface area contributed by atoms with Crippen LogP contribution in [-0.4, -0.2) is 39.5 Å². The summed E-state index contributed by atoms with van der Waals surface area (Å²) in [5.41, 5.74) is 1.18. The van der Waals surface area contributed by atoms with E-state index in [2.05, 4.69) is 0 Å². The Morgan fingerprint density at radius 1 is 1.26 bits per heavy atom. The first-order valence-corrected chi connectivity index (χ1v) is 7.44. The van der Waals surface area contributed by atoms with Gasteiger partial charge in [0.15, 0.2) is 0 Å². The van der Waals surface area contributed by atoms with Gasteiger partial charge in [0.25, 0.3) is 0 Å². The minimum Gasteiger partial charge on any atom is -0.492 e. The third kappa shape index (κ3) is 5.01. The third-order valence-corrected chi connectivity index (χ3v) is 3.78. The standard InChI is InChI=1S/C15H22ClNO2/c1-13-4-5-14(16)15(12-13)19-9-3-2-6-17-7-10-18-11-8-17/h4-5,12H,2-3,6-11H2,1H3/p+1.